The summed E-state index contributed by atoms with van der Waals surface area (Å²) in [6.07, 6.45) is 0. The van der Waals surface area contributed by atoms with Gasteiger partial charge in [0.05, 0.1) is 15.6 Å². The van der Waals surface area contributed by atoms with E-state index < -0.39 is 0 Å². The van der Waals surface area contributed by atoms with E-state index in [0.29, 0.717) is 27.1 Å². The molecule has 0 bridgehead atoms. The summed E-state index contributed by atoms with van der Waals surface area (Å²) in [6, 6.07) is 20.3. The second-order valence-electron chi connectivity index (χ2n) is 6.19. The third-order valence-electron chi connectivity index (χ3n) is 4.43. The number of hydrogen-bond acceptors (Lipinski definition) is 3. The molecule has 0 fully saturated rings. The maximum atomic E-state index is 9.69. The van der Waals surface area contributed by atoms with Gasteiger partial charge >= 0.3 is 0 Å². The van der Waals surface area contributed by atoms with E-state index in [2.05, 4.69) is 5.16 Å². The molecule has 1 heterocycles. The van der Waals surface area contributed by atoms with Crippen LogP contribution in [0, 0.1) is 6.92 Å². The van der Waals surface area contributed by atoms with Gasteiger partial charge in [0.15, 0.2) is 5.76 Å². The van der Waals surface area contributed by atoms with Crippen molar-refractivity contribution < 1.29 is 9.63 Å². The summed E-state index contributed by atoms with van der Waals surface area (Å²) < 4.78 is 5.75. The molecule has 0 radical (unpaired) electrons. The Labute approximate surface area is 166 Å². The molecule has 1 aromatic heterocycles. The van der Waals surface area contributed by atoms with Crippen molar-refractivity contribution in [2.45, 2.75) is 6.92 Å². The average molecular weight is 396 g/mol. The van der Waals surface area contributed by atoms with E-state index in [1.807, 2.05) is 55.5 Å². The Hall–Kier alpha value is -2.75. The van der Waals surface area contributed by atoms with E-state index in [1.54, 1.807) is 12.1 Å². The average Bonchev–Trinajstić information content (AvgIpc) is 3.07. The number of aromatic nitrogens is 1. The molecule has 134 valence electrons. The monoisotopic (exact) mass is 395 g/mol. The smallest absolute Gasteiger partial charge is 0.176 e. The number of benzene rings is 3. The molecule has 0 spiro atoms. The molecule has 3 nitrogen and oxygen atoms in total. The molecule has 5 heteroatoms. The fraction of sp³-hybridized carbons (Fsp3) is 0.0455. The Morgan fingerprint density at radius 2 is 1.52 bits per heavy atom. The van der Waals surface area contributed by atoms with Gasteiger partial charge in [-0.3, -0.25) is 0 Å². The first kappa shape index (κ1) is 17.7. The molecule has 0 aliphatic heterocycles. The first-order valence-corrected chi connectivity index (χ1v) is 9.11. The fourth-order valence-corrected chi connectivity index (χ4v) is 3.59. The molecule has 1 N–H and O–H groups in total. The van der Waals surface area contributed by atoms with Crippen molar-refractivity contribution in [2.24, 2.45) is 0 Å². The summed E-state index contributed by atoms with van der Waals surface area (Å²) in [7, 11) is 0. The zero-order chi connectivity index (χ0) is 19.0. The Morgan fingerprint density at radius 1 is 0.815 bits per heavy atom. The van der Waals surface area contributed by atoms with Crippen LogP contribution in [0.25, 0.3) is 33.7 Å². The highest BCUT2D eigenvalue weighted by atomic mass is 35.5. The van der Waals surface area contributed by atoms with Crippen LogP contribution in [0.3, 0.4) is 0 Å². The van der Waals surface area contributed by atoms with Gasteiger partial charge in [0, 0.05) is 11.1 Å². The molecule has 0 saturated heterocycles. The van der Waals surface area contributed by atoms with Crippen molar-refractivity contribution in [3.8, 4) is 39.5 Å². The van der Waals surface area contributed by atoms with E-state index in [0.717, 1.165) is 22.3 Å². The van der Waals surface area contributed by atoms with Crippen LogP contribution in [-0.4, -0.2) is 10.3 Å². The number of phenols is 1. The zero-order valence-corrected chi connectivity index (χ0v) is 15.9. The number of hydrogen-bond donors (Lipinski definition) is 1. The minimum Gasteiger partial charge on any atom is -0.508 e. The predicted octanol–water partition coefficient (Wildman–Crippen LogP) is 7.00. The maximum absolute atomic E-state index is 9.69. The summed E-state index contributed by atoms with van der Waals surface area (Å²) in [5, 5.41) is 15.0. The van der Waals surface area contributed by atoms with Crippen molar-refractivity contribution in [3.05, 3.63) is 82.3 Å². The molecule has 27 heavy (non-hydrogen) atoms. The van der Waals surface area contributed by atoms with Crippen molar-refractivity contribution in [1.29, 1.82) is 0 Å². The highest BCUT2D eigenvalue weighted by molar-refractivity contribution is 6.34. The normalized spacial score (nSPS) is 10.9. The summed E-state index contributed by atoms with van der Waals surface area (Å²) in [5.41, 5.74) is 4.95. The van der Waals surface area contributed by atoms with Crippen LogP contribution in [0.4, 0.5) is 0 Å². The van der Waals surface area contributed by atoms with Crippen LogP contribution in [0.5, 0.6) is 5.75 Å². The van der Waals surface area contributed by atoms with Gasteiger partial charge in [-0.1, -0.05) is 70.8 Å². The van der Waals surface area contributed by atoms with Crippen LogP contribution in [0.2, 0.25) is 10.0 Å². The van der Waals surface area contributed by atoms with Gasteiger partial charge in [-0.05, 0) is 42.3 Å². The topological polar surface area (TPSA) is 46.3 Å². The van der Waals surface area contributed by atoms with Gasteiger partial charge in [0.25, 0.3) is 0 Å². The molecule has 4 aromatic rings. The minimum atomic E-state index is 0.0898. The molecular formula is C22H15Cl2NO2. The Kier molecular flexibility index (Phi) is 4.65. The SMILES string of the molecule is Cc1ccccc1-c1c(-c2ccccc2Cl)noc1-c1ccc(O)cc1Cl. The summed E-state index contributed by atoms with van der Waals surface area (Å²) in [6.45, 7) is 2.03. The van der Waals surface area contributed by atoms with E-state index >= 15 is 0 Å². The van der Waals surface area contributed by atoms with Crippen LogP contribution < -0.4 is 0 Å². The number of aryl methyl sites for hydroxylation is 1. The van der Waals surface area contributed by atoms with Gasteiger partial charge in [-0.25, -0.2) is 0 Å². The molecule has 0 aliphatic rings. The highest BCUT2D eigenvalue weighted by Crippen LogP contribution is 2.44. The maximum Gasteiger partial charge on any atom is 0.176 e. The van der Waals surface area contributed by atoms with Gasteiger partial charge in [0.2, 0.25) is 0 Å². The largest absolute Gasteiger partial charge is 0.508 e. The lowest BCUT2D eigenvalue weighted by Gasteiger charge is -2.10. The van der Waals surface area contributed by atoms with Gasteiger partial charge in [-0.15, -0.1) is 0 Å². The third-order valence-corrected chi connectivity index (χ3v) is 5.08. The van der Waals surface area contributed by atoms with Gasteiger partial charge in [-0.2, -0.15) is 0 Å². The Bertz CT molecular complexity index is 1130. The van der Waals surface area contributed by atoms with E-state index in [-0.39, 0.29) is 5.75 Å². The molecule has 0 atom stereocenters. The second kappa shape index (κ2) is 7.10. The van der Waals surface area contributed by atoms with E-state index in [9.17, 15) is 5.11 Å². The summed E-state index contributed by atoms with van der Waals surface area (Å²) in [5.74, 6) is 0.622. The molecule has 0 aliphatic carbocycles. The van der Waals surface area contributed by atoms with Crippen molar-refractivity contribution in [1.82, 2.24) is 5.16 Å². The Balaban J connectivity index is 2.04. The zero-order valence-electron chi connectivity index (χ0n) is 14.4. The van der Waals surface area contributed by atoms with Crippen molar-refractivity contribution in [3.63, 3.8) is 0 Å². The number of nitrogens with zero attached hydrogens (tertiary/aromatic N) is 1. The lowest BCUT2D eigenvalue weighted by atomic mass is 9.93. The molecule has 4 rings (SSSR count). The molecule has 0 unspecified atom stereocenters. The van der Waals surface area contributed by atoms with E-state index in [1.165, 1.54) is 6.07 Å². The van der Waals surface area contributed by atoms with Crippen LogP contribution >= 0.6 is 23.2 Å². The molecule has 0 amide bonds. The van der Waals surface area contributed by atoms with Gasteiger partial charge < -0.3 is 9.63 Å². The highest BCUT2D eigenvalue weighted by Gasteiger charge is 2.24. The number of halogens is 2. The molecule has 0 saturated carbocycles. The lowest BCUT2D eigenvalue weighted by Crippen LogP contribution is -1.89. The fourth-order valence-electron chi connectivity index (χ4n) is 3.10. The van der Waals surface area contributed by atoms with Gasteiger partial charge in [0.1, 0.15) is 11.4 Å². The minimum absolute atomic E-state index is 0.0898. The van der Waals surface area contributed by atoms with Crippen LogP contribution in [0.1, 0.15) is 5.56 Å². The second-order valence-corrected chi connectivity index (χ2v) is 7.01. The Morgan fingerprint density at radius 3 is 2.22 bits per heavy atom. The third kappa shape index (κ3) is 3.20. The number of phenolic OH excluding ortho intramolecular Hbond substituents is 1. The summed E-state index contributed by atoms with van der Waals surface area (Å²) >= 11 is 12.8. The first-order valence-electron chi connectivity index (χ1n) is 8.35. The summed E-state index contributed by atoms with van der Waals surface area (Å²) in [4.78, 5) is 0. The quantitative estimate of drug-likeness (QED) is 0.406. The molecular weight excluding hydrogens is 381 g/mol. The predicted molar refractivity (Wildman–Crippen MR) is 109 cm³/mol. The lowest BCUT2D eigenvalue weighted by molar-refractivity contribution is 0.435. The van der Waals surface area contributed by atoms with E-state index in [4.69, 9.17) is 27.7 Å². The number of aromatic hydroxyl groups is 1. The van der Waals surface area contributed by atoms with Crippen LogP contribution in [-0.2, 0) is 0 Å². The standard InChI is InChI=1S/C22H15Cl2NO2/c1-13-6-2-3-7-15(13)20-21(16-8-4-5-9-18(16)23)25-27-22(20)17-11-10-14(26)12-19(17)24/h2-12,26H,1H3. The number of rotatable bonds is 3. The first-order chi connectivity index (χ1) is 13.1. The van der Waals surface area contributed by atoms with Crippen molar-refractivity contribution >= 4 is 23.2 Å². The van der Waals surface area contributed by atoms with Crippen molar-refractivity contribution in [2.75, 3.05) is 0 Å². The van der Waals surface area contributed by atoms with Crippen LogP contribution in [0.15, 0.2) is 71.3 Å². The molecule has 3 aromatic carbocycles.